The van der Waals surface area contributed by atoms with E-state index in [1.165, 1.54) is 11.4 Å². The van der Waals surface area contributed by atoms with E-state index >= 15 is 0 Å². The fourth-order valence-corrected chi connectivity index (χ4v) is 3.24. The van der Waals surface area contributed by atoms with Gasteiger partial charge in [0.15, 0.2) is 0 Å². The molecule has 104 valence electrons. The smallest absolute Gasteiger partial charge is 0.264 e. The summed E-state index contributed by atoms with van der Waals surface area (Å²) in [4.78, 5) is 0.385. The molecule has 20 heavy (non-hydrogen) atoms. The van der Waals surface area contributed by atoms with Crippen molar-refractivity contribution in [3.05, 3.63) is 60.2 Å². The van der Waals surface area contributed by atoms with Gasteiger partial charge in [0.2, 0.25) is 0 Å². The second-order valence-electron chi connectivity index (χ2n) is 4.17. The third-order valence-electron chi connectivity index (χ3n) is 2.91. The molecule has 0 radical (unpaired) electrons. The lowest BCUT2D eigenvalue weighted by molar-refractivity contribution is 0.594. The predicted octanol–water partition coefficient (Wildman–Crippen LogP) is 2.15. The minimum Gasteiger partial charge on any atom is -0.389 e. The lowest BCUT2D eigenvalue weighted by Gasteiger charge is -2.22. The molecule has 0 aliphatic carbocycles. The summed E-state index contributed by atoms with van der Waals surface area (Å²) in [5.74, 6) is 0. The third kappa shape index (κ3) is 2.66. The zero-order valence-corrected chi connectivity index (χ0v) is 12.5. The Balaban J connectivity index is 2.52. The average molecular weight is 306 g/mol. The predicted molar refractivity (Wildman–Crippen MR) is 84.4 cm³/mol. The first-order valence-corrected chi connectivity index (χ1v) is 7.72. The Labute approximate surface area is 123 Å². The SMILES string of the molecule is CN(c1ccccc1C(N)=S)S(=O)(=O)c1ccccc1. The average Bonchev–Trinajstić information content (AvgIpc) is 2.47. The Kier molecular flexibility index (Phi) is 4.06. The van der Waals surface area contributed by atoms with E-state index in [0.717, 1.165) is 0 Å². The summed E-state index contributed by atoms with van der Waals surface area (Å²) in [7, 11) is -2.14. The molecule has 0 fully saturated rings. The quantitative estimate of drug-likeness (QED) is 0.879. The van der Waals surface area contributed by atoms with E-state index < -0.39 is 10.0 Å². The second-order valence-corrected chi connectivity index (χ2v) is 6.58. The fraction of sp³-hybridized carbons (Fsp3) is 0.0714. The Bertz CT molecular complexity index is 728. The van der Waals surface area contributed by atoms with Crippen molar-refractivity contribution < 1.29 is 8.42 Å². The van der Waals surface area contributed by atoms with E-state index in [0.29, 0.717) is 11.3 Å². The maximum Gasteiger partial charge on any atom is 0.264 e. The van der Waals surface area contributed by atoms with Gasteiger partial charge in [-0.2, -0.15) is 0 Å². The molecule has 0 bridgehead atoms. The molecule has 0 aliphatic heterocycles. The summed E-state index contributed by atoms with van der Waals surface area (Å²) in [6.45, 7) is 0. The minimum absolute atomic E-state index is 0.163. The van der Waals surface area contributed by atoms with Crippen molar-refractivity contribution in [1.82, 2.24) is 0 Å². The number of benzene rings is 2. The highest BCUT2D eigenvalue weighted by atomic mass is 32.2. The Hall–Kier alpha value is -1.92. The number of hydrogen-bond donors (Lipinski definition) is 1. The number of rotatable bonds is 4. The van der Waals surface area contributed by atoms with Crippen LogP contribution in [0.1, 0.15) is 5.56 Å². The maximum atomic E-state index is 12.5. The van der Waals surface area contributed by atoms with Gasteiger partial charge >= 0.3 is 0 Å². The first kappa shape index (κ1) is 14.5. The number of anilines is 1. The molecule has 0 heterocycles. The van der Waals surface area contributed by atoms with Gasteiger partial charge in [-0.1, -0.05) is 42.5 Å². The van der Waals surface area contributed by atoms with Crippen molar-refractivity contribution in [3.8, 4) is 0 Å². The van der Waals surface area contributed by atoms with E-state index in [4.69, 9.17) is 18.0 Å². The van der Waals surface area contributed by atoms with E-state index in [9.17, 15) is 8.42 Å². The molecule has 4 nitrogen and oxygen atoms in total. The van der Waals surface area contributed by atoms with Crippen molar-refractivity contribution in [2.24, 2.45) is 5.73 Å². The van der Waals surface area contributed by atoms with Gasteiger partial charge < -0.3 is 5.73 Å². The van der Waals surface area contributed by atoms with E-state index in [-0.39, 0.29) is 9.88 Å². The van der Waals surface area contributed by atoms with Crippen LogP contribution in [0.4, 0.5) is 5.69 Å². The number of sulfonamides is 1. The van der Waals surface area contributed by atoms with Crippen LogP contribution in [0.25, 0.3) is 0 Å². The number of thiocarbonyl (C=S) groups is 1. The molecule has 2 N–H and O–H groups in total. The van der Waals surface area contributed by atoms with Crippen LogP contribution in [0.3, 0.4) is 0 Å². The summed E-state index contributed by atoms with van der Waals surface area (Å²) in [5.41, 5.74) is 6.64. The number of nitrogens with zero attached hydrogens (tertiary/aromatic N) is 1. The molecule has 2 rings (SSSR count). The minimum atomic E-state index is -3.63. The Morgan fingerprint density at radius 2 is 1.60 bits per heavy atom. The van der Waals surface area contributed by atoms with Crippen LogP contribution < -0.4 is 10.0 Å². The third-order valence-corrected chi connectivity index (χ3v) is 4.92. The van der Waals surface area contributed by atoms with E-state index in [1.807, 2.05) is 0 Å². The van der Waals surface area contributed by atoms with E-state index in [1.54, 1.807) is 54.6 Å². The van der Waals surface area contributed by atoms with Gasteiger partial charge in [-0.15, -0.1) is 0 Å². The zero-order chi connectivity index (χ0) is 14.8. The standard InChI is InChI=1S/C14H14N2O2S2/c1-16(13-10-6-5-9-12(13)14(15)19)20(17,18)11-7-3-2-4-8-11/h2-10H,1H3,(H2,15,19). The molecule has 0 saturated heterocycles. The summed E-state index contributed by atoms with van der Waals surface area (Å²) in [6.07, 6.45) is 0. The normalized spacial score (nSPS) is 11.1. The van der Waals surface area contributed by atoms with Gasteiger partial charge in [-0.3, -0.25) is 4.31 Å². The molecule has 0 unspecified atom stereocenters. The number of hydrogen-bond acceptors (Lipinski definition) is 3. The van der Waals surface area contributed by atoms with Gasteiger partial charge in [-0.25, -0.2) is 8.42 Å². The molecule has 0 amide bonds. The first-order chi connectivity index (χ1) is 9.44. The van der Waals surface area contributed by atoms with Gasteiger partial charge in [0.1, 0.15) is 4.99 Å². The van der Waals surface area contributed by atoms with Crippen LogP contribution in [-0.2, 0) is 10.0 Å². The van der Waals surface area contributed by atoms with Crippen LogP contribution in [0, 0.1) is 0 Å². The summed E-state index contributed by atoms with van der Waals surface area (Å²) >= 11 is 4.96. The monoisotopic (exact) mass is 306 g/mol. The van der Waals surface area contributed by atoms with Crippen molar-refractivity contribution in [2.45, 2.75) is 4.90 Å². The molecule has 2 aromatic rings. The number of nitrogens with two attached hydrogens (primary N) is 1. The van der Waals surface area contributed by atoms with Crippen LogP contribution >= 0.6 is 12.2 Å². The summed E-state index contributed by atoms with van der Waals surface area (Å²) in [6, 6.07) is 15.1. The molecule has 0 aromatic heterocycles. The highest BCUT2D eigenvalue weighted by Crippen LogP contribution is 2.25. The van der Waals surface area contributed by atoms with Crippen LogP contribution in [0.5, 0.6) is 0 Å². The maximum absolute atomic E-state index is 12.5. The first-order valence-electron chi connectivity index (χ1n) is 5.87. The largest absolute Gasteiger partial charge is 0.389 e. The second kappa shape index (κ2) is 5.60. The Morgan fingerprint density at radius 1 is 1.05 bits per heavy atom. The van der Waals surface area contributed by atoms with Crippen molar-refractivity contribution in [1.29, 1.82) is 0 Å². The summed E-state index contributed by atoms with van der Waals surface area (Å²) in [5, 5.41) is 0. The van der Waals surface area contributed by atoms with Gasteiger partial charge in [-0.05, 0) is 24.3 Å². The molecule has 2 aromatic carbocycles. The fourth-order valence-electron chi connectivity index (χ4n) is 1.84. The molecule has 0 saturated carbocycles. The van der Waals surface area contributed by atoms with Gasteiger partial charge in [0.05, 0.1) is 10.6 Å². The van der Waals surface area contributed by atoms with Gasteiger partial charge in [0.25, 0.3) is 10.0 Å². The van der Waals surface area contributed by atoms with Crippen molar-refractivity contribution in [2.75, 3.05) is 11.4 Å². The molecular weight excluding hydrogens is 292 g/mol. The molecule has 0 spiro atoms. The molecular formula is C14H14N2O2S2. The molecule has 0 atom stereocenters. The van der Waals surface area contributed by atoms with Crippen LogP contribution in [-0.4, -0.2) is 20.5 Å². The van der Waals surface area contributed by atoms with Crippen LogP contribution in [0.2, 0.25) is 0 Å². The lowest BCUT2D eigenvalue weighted by atomic mass is 10.2. The Morgan fingerprint density at radius 3 is 2.20 bits per heavy atom. The lowest BCUT2D eigenvalue weighted by Crippen LogP contribution is -2.28. The topological polar surface area (TPSA) is 63.4 Å². The van der Waals surface area contributed by atoms with E-state index in [2.05, 4.69) is 0 Å². The van der Waals surface area contributed by atoms with Crippen molar-refractivity contribution in [3.63, 3.8) is 0 Å². The molecule has 6 heteroatoms. The highest BCUT2D eigenvalue weighted by Gasteiger charge is 2.23. The number of para-hydroxylation sites is 1. The van der Waals surface area contributed by atoms with Crippen molar-refractivity contribution >= 4 is 32.9 Å². The summed E-state index contributed by atoms with van der Waals surface area (Å²) < 4.78 is 26.3. The van der Waals surface area contributed by atoms with Crippen LogP contribution in [0.15, 0.2) is 59.5 Å². The van der Waals surface area contributed by atoms with Gasteiger partial charge in [0, 0.05) is 12.6 Å². The molecule has 0 aliphatic rings. The zero-order valence-electron chi connectivity index (χ0n) is 10.9. The highest BCUT2D eigenvalue weighted by molar-refractivity contribution is 7.92.